The normalized spacial score (nSPS) is 29.8. The zero-order valence-corrected chi connectivity index (χ0v) is 11.7. The van der Waals surface area contributed by atoms with E-state index in [0.29, 0.717) is 34.1 Å². The predicted octanol–water partition coefficient (Wildman–Crippen LogP) is 4.54. The van der Waals surface area contributed by atoms with E-state index < -0.39 is 0 Å². The molecule has 1 aromatic rings. The van der Waals surface area contributed by atoms with E-state index >= 15 is 0 Å². The topological polar surface area (TPSA) is 17.1 Å². The molecule has 0 heterocycles. The van der Waals surface area contributed by atoms with Gasteiger partial charge in [0, 0.05) is 12.3 Å². The molecule has 3 rings (SSSR count). The average Bonchev–Trinajstić information content (AvgIpc) is 2.96. The third kappa shape index (κ3) is 2.31. The van der Waals surface area contributed by atoms with E-state index in [1.54, 1.807) is 6.07 Å². The predicted molar refractivity (Wildman–Crippen MR) is 74.1 cm³/mol. The molecule has 2 bridgehead atoms. The molecule has 3 unspecified atom stereocenters. The Balaban J connectivity index is 1.69. The highest BCUT2D eigenvalue weighted by atomic mass is 35.5. The Labute approximate surface area is 117 Å². The van der Waals surface area contributed by atoms with Gasteiger partial charge in [0.25, 0.3) is 0 Å². The van der Waals surface area contributed by atoms with E-state index in [4.69, 9.17) is 23.2 Å². The summed E-state index contributed by atoms with van der Waals surface area (Å²) in [7, 11) is 0. The number of Topliss-reactive ketones (excluding diaryl/α,β-unsaturated/α-hetero) is 1. The Hall–Kier alpha value is -0.530. The summed E-state index contributed by atoms with van der Waals surface area (Å²) in [5.74, 6) is 2.17. The summed E-state index contributed by atoms with van der Waals surface area (Å²) in [5.41, 5.74) is 0.983. The van der Waals surface area contributed by atoms with Crippen molar-refractivity contribution in [3.8, 4) is 0 Å². The number of carbonyl (C=O) groups is 1. The average molecular weight is 283 g/mol. The number of halogens is 2. The minimum atomic E-state index is 0.304. The van der Waals surface area contributed by atoms with E-state index in [9.17, 15) is 4.79 Å². The van der Waals surface area contributed by atoms with Crippen LogP contribution in [0.25, 0.3) is 0 Å². The highest BCUT2D eigenvalue weighted by molar-refractivity contribution is 6.42. The van der Waals surface area contributed by atoms with E-state index in [0.717, 1.165) is 17.9 Å². The molecule has 0 amide bonds. The van der Waals surface area contributed by atoms with Gasteiger partial charge in [-0.25, -0.2) is 0 Å². The lowest BCUT2D eigenvalue weighted by Crippen LogP contribution is -2.22. The lowest BCUT2D eigenvalue weighted by atomic mass is 9.84. The number of ketones is 1. The second-order valence-electron chi connectivity index (χ2n) is 5.67. The molecule has 0 spiro atoms. The number of hydrogen-bond acceptors (Lipinski definition) is 1. The van der Waals surface area contributed by atoms with Crippen LogP contribution < -0.4 is 0 Å². The number of carbonyl (C=O) groups excluding carboxylic acids is 1. The fraction of sp³-hybridized carbons (Fsp3) is 0.533. The summed E-state index contributed by atoms with van der Waals surface area (Å²) in [6, 6.07) is 5.49. The van der Waals surface area contributed by atoms with Gasteiger partial charge in [-0.1, -0.05) is 35.7 Å². The Bertz CT molecular complexity index is 483. The van der Waals surface area contributed by atoms with Crippen molar-refractivity contribution < 1.29 is 4.79 Å². The van der Waals surface area contributed by atoms with E-state index in [-0.39, 0.29) is 0 Å². The van der Waals surface area contributed by atoms with Crippen LogP contribution in [0.3, 0.4) is 0 Å². The SMILES string of the molecule is O=C(Cc1ccc(Cl)c(Cl)c1)C1CC2CCC1C2. The third-order valence-corrected chi connectivity index (χ3v) is 5.25. The standard InChI is InChI=1S/C15H16Cl2O/c16-13-4-2-10(7-14(13)17)8-15(18)12-6-9-1-3-11(12)5-9/h2,4,7,9,11-12H,1,3,5-6,8H2. The van der Waals surface area contributed by atoms with Crippen molar-refractivity contribution in [1.29, 1.82) is 0 Å². The molecule has 0 radical (unpaired) electrons. The first kappa shape index (κ1) is 12.5. The maximum Gasteiger partial charge on any atom is 0.140 e. The molecule has 96 valence electrons. The van der Waals surface area contributed by atoms with Crippen LogP contribution in [0.1, 0.15) is 31.2 Å². The quantitative estimate of drug-likeness (QED) is 0.795. The Kier molecular flexibility index (Phi) is 3.38. The molecule has 2 aliphatic rings. The van der Waals surface area contributed by atoms with Gasteiger partial charge >= 0.3 is 0 Å². The molecule has 1 aromatic carbocycles. The number of benzene rings is 1. The molecule has 2 saturated carbocycles. The second kappa shape index (κ2) is 4.86. The first-order valence-electron chi connectivity index (χ1n) is 6.60. The molecule has 0 N–H and O–H groups in total. The maximum atomic E-state index is 12.3. The number of fused-ring (bicyclic) bond motifs is 2. The smallest absolute Gasteiger partial charge is 0.140 e. The highest BCUT2D eigenvalue weighted by Gasteiger charge is 2.42. The van der Waals surface area contributed by atoms with Gasteiger partial charge in [-0.2, -0.15) is 0 Å². The molecule has 3 heteroatoms. The molecule has 0 aliphatic heterocycles. The summed E-state index contributed by atoms with van der Waals surface area (Å²) < 4.78 is 0. The van der Waals surface area contributed by atoms with Gasteiger partial charge in [0.15, 0.2) is 0 Å². The Morgan fingerprint density at radius 1 is 1.17 bits per heavy atom. The van der Waals surface area contributed by atoms with Crippen molar-refractivity contribution in [3.63, 3.8) is 0 Å². The zero-order valence-electron chi connectivity index (χ0n) is 10.2. The lowest BCUT2D eigenvalue weighted by Gasteiger charge is -2.20. The van der Waals surface area contributed by atoms with Crippen LogP contribution in [0.2, 0.25) is 10.0 Å². The third-order valence-electron chi connectivity index (χ3n) is 4.51. The van der Waals surface area contributed by atoms with Gasteiger partial charge in [0.1, 0.15) is 5.78 Å². The van der Waals surface area contributed by atoms with Gasteiger partial charge < -0.3 is 0 Å². The van der Waals surface area contributed by atoms with Gasteiger partial charge in [-0.3, -0.25) is 4.79 Å². The summed E-state index contributed by atoms with van der Waals surface area (Å²) in [4.78, 5) is 12.3. The molecule has 18 heavy (non-hydrogen) atoms. The van der Waals surface area contributed by atoms with Gasteiger partial charge in [-0.15, -0.1) is 0 Å². The van der Waals surface area contributed by atoms with Crippen LogP contribution >= 0.6 is 23.2 Å². The van der Waals surface area contributed by atoms with Gasteiger partial charge in [-0.05, 0) is 48.8 Å². The van der Waals surface area contributed by atoms with Crippen LogP contribution in [-0.2, 0) is 11.2 Å². The monoisotopic (exact) mass is 282 g/mol. The largest absolute Gasteiger partial charge is 0.299 e. The lowest BCUT2D eigenvalue weighted by molar-refractivity contribution is -0.123. The second-order valence-corrected chi connectivity index (χ2v) is 6.49. The summed E-state index contributed by atoms with van der Waals surface area (Å²) >= 11 is 11.9. The molecular weight excluding hydrogens is 267 g/mol. The van der Waals surface area contributed by atoms with Gasteiger partial charge in [0.2, 0.25) is 0 Å². The van der Waals surface area contributed by atoms with Crippen molar-refractivity contribution in [2.24, 2.45) is 17.8 Å². The van der Waals surface area contributed by atoms with E-state index in [2.05, 4.69) is 0 Å². The summed E-state index contributed by atoms with van der Waals surface area (Å²) in [5, 5.41) is 1.09. The van der Waals surface area contributed by atoms with E-state index in [1.165, 1.54) is 19.3 Å². The minimum Gasteiger partial charge on any atom is -0.299 e. The van der Waals surface area contributed by atoms with Crippen LogP contribution in [0, 0.1) is 17.8 Å². The number of hydrogen-bond donors (Lipinski definition) is 0. The van der Waals surface area contributed by atoms with E-state index in [1.807, 2.05) is 12.1 Å². The van der Waals surface area contributed by atoms with Crippen molar-refractivity contribution in [3.05, 3.63) is 33.8 Å². The maximum absolute atomic E-state index is 12.3. The molecular formula is C15H16Cl2O. The molecule has 2 fully saturated rings. The van der Waals surface area contributed by atoms with Crippen molar-refractivity contribution in [2.75, 3.05) is 0 Å². The molecule has 0 saturated heterocycles. The first-order valence-corrected chi connectivity index (χ1v) is 7.35. The zero-order chi connectivity index (χ0) is 12.7. The highest BCUT2D eigenvalue weighted by Crippen LogP contribution is 2.48. The van der Waals surface area contributed by atoms with Crippen LogP contribution in [-0.4, -0.2) is 5.78 Å². The molecule has 1 nitrogen and oxygen atoms in total. The Morgan fingerprint density at radius 2 is 2.00 bits per heavy atom. The molecule has 0 aromatic heterocycles. The first-order chi connectivity index (χ1) is 8.63. The fourth-order valence-corrected chi connectivity index (χ4v) is 3.94. The number of rotatable bonds is 3. The van der Waals surface area contributed by atoms with Crippen LogP contribution in [0.5, 0.6) is 0 Å². The molecule has 2 aliphatic carbocycles. The van der Waals surface area contributed by atoms with Crippen LogP contribution in [0.4, 0.5) is 0 Å². The van der Waals surface area contributed by atoms with Crippen molar-refractivity contribution in [1.82, 2.24) is 0 Å². The fourth-order valence-electron chi connectivity index (χ4n) is 3.62. The summed E-state index contributed by atoms with van der Waals surface area (Å²) in [6.45, 7) is 0. The molecule has 3 atom stereocenters. The van der Waals surface area contributed by atoms with Crippen LogP contribution in [0.15, 0.2) is 18.2 Å². The summed E-state index contributed by atoms with van der Waals surface area (Å²) in [6.07, 6.45) is 5.48. The Morgan fingerprint density at radius 3 is 2.61 bits per heavy atom. The van der Waals surface area contributed by atoms with Crippen molar-refractivity contribution in [2.45, 2.75) is 32.1 Å². The van der Waals surface area contributed by atoms with Crippen molar-refractivity contribution >= 4 is 29.0 Å². The van der Waals surface area contributed by atoms with Gasteiger partial charge in [0.05, 0.1) is 10.0 Å². The minimum absolute atomic E-state index is 0.304.